The molecule has 26 heavy (non-hydrogen) atoms. The van der Waals surface area contributed by atoms with E-state index >= 15 is 0 Å². The fourth-order valence-electron chi connectivity index (χ4n) is 2.55. The first-order valence-electron chi connectivity index (χ1n) is 7.59. The van der Waals surface area contributed by atoms with Crippen LogP contribution in [0.5, 0.6) is 5.75 Å². The first-order chi connectivity index (χ1) is 12.7. The number of pyridine rings is 1. The number of rotatable bonds is 4. The number of hydrogen-bond acceptors (Lipinski definition) is 8. The summed E-state index contributed by atoms with van der Waals surface area (Å²) in [4.78, 5) is 20.4. The third-order valence-corrected chi connectivity index (χ3v) is 3.76. The summed E-state index contributed by atoms with van der Waals surface area (Å²) in [5.74, 6) is 0.114. The number of allylic oxidation sites excluding steroid dienone is 1. The highest BCUT2D eigenvalue weighted by atomic mass is 16.5. The summed E-state index contributed by atoms with van der Waals surface area (Å²) >= 11 is 0. The normalized spacial score (nSPS) is 13.8. The van der Waals surface area contributed by atoms with E-state index in [0.717, 1.165) is 5.56 Å². The maximum atomic E-state index is 12.1. The van der Waals surface area contributed by atoms with Gasteiger partial charge in [-0.3, -0.25) is 5.10 Å². The molecule has 0 spiro atoms. The summed E-state index contributed by atoms with van der Waals surface area (Å²) in [5, 5.41) is 19.8. The van der Waals surface area contributed by atoms with Gasteiger partial charge >= 0.3 is 5.97 Å². The molecule has 0 bridgehead atoms. The number of fused-ring (bicyclic) bond motifs is 1. The lowest BCUT2D eigenvalue weighted by molar-refractivity contribution is 0.0598. The molecule has 9 heteroatoms. The Hall–Kier alpha value is -3.88. The Labute approximate surface area is 147 Å². The first-order valence-corrected chi connectivity index (χ1v) is 7.59. The molecule has 0 atom stereocenters. The van der Waals surface area contributed by atoms with Gasteiger partial charge in [-0.05, 0) is 18.2 Å². The minimum absolute atomic E-state index is 0.0341. The summed E-state index contributed by atoms with van der Waals surface area (Å²) in [6.45, 7) is 0. The quantitative estimate of drug-likeness (QED) is 0.617. The first kappa shape index (κ1) is 15.6. The van der Waals surface area contributed by atoms with Crippen LogP contribution in [-0.4, -0.2) is 39.6 Å². The Bertz CT molecular complexity index is 1030. The summed E-state index contributed by atoms with van der Waals surface area (Å²) in [5.41, 5.74) is 1.38. The number of carbonyl (C=O) groups excluding carboxylic acids is 1. The van der Waals surface area contributed by atoms with Crippen molar-refractivity contribution in [2.45, 2.75) is 0 Å². The number of methoxy groups -OCH3 is 1. The van der Waals surface area contributed by atoms with Crippen molar-refractivity contribution in [3.8, 4) is 5.75 Å². The number of carbonyl (C=O) groups is 1. The van der Waals surface area contributed by atoms with Crippen molar-refractivity contribution in [1.29, 1.82) is 0 Å². The van der Waals surface area contributed by atoms with Crippen molar-refractivity contribution >= 4 is 41.4 Å². The second-order valence-corrected chi connectivity index (χ2v) is 5.34. The molecular formula is C17H13N5O4. The van der Waals surface area contributed by atoms with E-state index in [-0.39, 0.29) is 23.0 Å². The van der Waals surface area contributed by atoms with Crippen molar-refractivity contribution in [2.24, 2.45) is 4.99 Å². The molecule has 3 aromatic heterocycles. The highest BCUT2D eigenvalue weighted by Gasteiger charge is 2.27. The van der Waals surface area contributed by atoms with E-state index < -0.39 is 5.97 Å². The van der Waals surface area contributed by atoms with Gasteiger partial charge in [0.05, 0.1) is 13.3 Å². The number of anilines is 2. The minimum atomic E-state index is -0.736. The molecule has 0 saturated carbocycles. The zero-order valence-electron chi connectivity index (χ0n) is 13.6. The van der Waals surface area contributed by atoms with Crippen LogP contribution in [0.4, 0.5) is 17.5 Å². The number of furan rings is 1. The second-order valence-electron chi connectivity index (χ2n) is 5.34. The Morgan fingerprint density at radius 2 is 2.27 bits per heavy atom. The topological polar surface area (TPSA) is 126 Å². The number of aromatic hydroxyl groups is 1. The summed E-state index contributed by atoms with van der Waals surface area (Å²) < 4.78 is 10.4. The van der Waals surface area contributed by atoms with E-state index in [9.17, 15) is 9.90 Å². The highest BCUT2D eigenvalue weighted by molar-refractivity contribution is 6.21. The molecule has 0 radical (unpaired) electrons. The Morgan fingerprint density at radius 1 is 1.38 bits per heavy atom. The number of aromatic amines is 1. The lowest BCUT2D eigenvalue weighted by Crippen LogP contribution is -2.03. The maximum absolute atomic E-state index is 12.1. The van der Waals surface area contributed by atoms with Crippen LogP contribution in [0.2, 0.25) is 0 Å². The van der Waals surface area contributed by atoms with Gasteiger partial charge in [0, 0.05) is 29.6 Å². The average Bonchev–Trinajstić information content (AvgIpc) is 3.37. The predicted octanol–water partition coefficient (Wildman–Crippen LogP) is 2.89. The molecule has 0 aliphatic carbocycles. The largest absolute Gasteiger partial charge is 0.504 e. The van der Waals surface area contributed by atoms with E-state index in [2.05, 4.69) is 25.5 Å². The molecule has 4 heterocycles. The summed E-state index contributed by atoms with van der Waals surface area (Å²) in [7, 11) is 1.22. The second kappa shape index (κ2) is 6.20. The van der Waals surface area contributed by atoms with Gasteiger partial charge in [-0.15, -0.1) is 0 Å². The van der Waals surface area contributed by atoms with Crippen molar-refractivity contribution in [3.05, 3.63) is 47.5 Å². The number of aromatic nitrogens is 3. The molecule has 1 aliphatic heterocycles. The van der Waals surface area contributed by atoms with Crippen LogP contribution in [0.3, 0.4) is 0 Å². The van der Waals surface area contributed by atoms with E-state index in [1.807, 2.05) is 6.07 Å². The lowest BCUT2D eigenvalue weighted by Gasteiger charge is -2.02. The summed E-state index contributed by atoms with van der Waals surface area (Å²) in [6, 6.07) is 5.28. The van der Waals surface area contributed by atoms with E-state index in [1.165, 1.54) is 13.3 Å². The van der Waals surface area contributed by atoms with Gasteiger partial charge in [0.2, 0.25) is 5.88 Å². The van der Waals surface area contributed by atoms with Crippen LogP contribution >= 0.6 is 0 Å². The van der Waals surface area contributed by atoms with Crippen molar-refractivity contribution in [2.75, 3.05) is 12.4 Å². The smallest absolute Gasteiger partial charge is 0.347 e. The number of hydrogen-bond donors (Lipinski definition) is 3. The fourth-order valence-corrected chi connectivity index (χ4v) is 2.55. The molecule has 0 aromatic carbocycles. The van der Waals surface area contributed by atoms with Crippen LogP contribution in [0.15, 0.2) is 40.0 Å². The van der Waals surface area contributed by atoms with E-state index in [1.54, 1.807) is 30.6 Å². The van der Waals surface area contributed by atoms with Crippen LogP contribution in [-0.2, 0) is 4.74 Å². The number of esters is 1. The Kier molecular flexibility index (Phi) is 3.73. The van der Waals surface area contributed by atoms with Gasteiger partial charge in [-0.2, -0.15) is 5.10 Å². The molecule has 4 rings (SSSR count). The van der Waals surface area contributed by atoms with Gasteiger partial charge in [0.15, 0.2) is 22.9 Å². The third kappa shape index (κ3) is 2.61. The number of aliphatic imine (C=N–C) groups is 1. The van der Waals surface area contributed by atoms with Gasteiger partial charge in [-0.1, -0.05) is 0 Å². The van der Waals surface area contributed by atoms with E-state index in [0.29, 0.717) is 17.2 Å². The molecule has 9 nitrogen and oxygen atoms in total. The van der Waals surface area contributed by atoms with Crippen LogP contribution in [0.1, 0.15) is 21.7 Å². The Morgan fingerprint density at radius 3 is 3.04 bits per heavy atom. The standard InChI is InChI=1S/C17H13N5O4/c1-25-17(24)13-14(23)11(26-16(13)21-12-4-6-20-22-12)7-9-8-19-15-10(9)3-2-5-18-15/h2-8,23H,1H3,(H2,20,21,22). The van der Waals surface area contributed by atoms with Crippen LogP contribution < -0.4 is 5.32 Å². The number of nitrogens with zero attached hydrogens (tertiary/aromatic N) is 3. The highest BCUT2D eigenvalue weighted by Crippen LogP contribution is 2.39. The molecule has 3 N–H and O–H groups in total. The molecular weight excluding hydrogens is 338 g/mol. The van der Waals surface area contributed by atoms with Gasteiger partial charge in [0.1, 0.15) is 5.82 Å². The van der Waals surface area contributed by atoms with E-state index in [4.69, 9.17) is 9.15 Å². The van der Waals surface area contributed by atoms with Crippen molar-refractivity contribution < 1.29 is 19.1 Å². The third-order valence-electron chi connectivity index (χ3n) is 3.76. The van der Waals surface area contributed by atoms with Crippen molar-refractivity contribution in [1.82, 2.24) is 15.2 Å². The lowest BCUT2D eigenvalue weighted by atomic mass is 10.1. The molecule has 3 aromatic rings. The van der Waals surface area contributed by atoms with Crippen molar-refractivity contribution in [3.63, 3.8) is 0 Å². The number of H-pyrrole nitrogens is 1. The fraction of sp³-hybridized carbons (Fsp3) is 0.0588. The van der Waals surface area contributed by atoms with Gasteiger partial charge in [-0.25, -0.2) is 14.8 Å². The molecule has 0 saturated heterocycles. The monoisotopic (exact) mass is 351 g/mol. The molecule has 0 unspecified atom stereocenters. The summed E-state index contributed by atoms with van der Waals surface area (Å²) in [6.07, 6.45) is 6.37. The minimum Gasteiger partial charge on any atom is -0.504 e. The number of ether oxygens (including phenoxy) is 1. The van der Waals surface area contributed by atoms with Crippen LogP contribution in [0.25, 0.3) is 11.6 Å². The maximum Gasteiger partial charge on any atom is 0.347 e. The molecule has 0 fully saturated rings. The average molecular weight is 351 g/mol. The van der Waals surface area contributed by atoms with Crippen LogP contribution in [0, 0.1) is 0 Å². The predicted molar refractivity (Wildman–Crippen MR) is 93.8 cm³/mol. The van der Waals surface area contributed by atoms with Gasteiger partial charge in [0.25, 0.3) is 0 Å². The molecule has 1 aliphatic rings. The number of nitrogens with one attached hydrogen (secondary N) is 2. The zero-order valence-corrected chi connectivity index (χ0v) is 13.6. The Balaban J connectivity index is 1.78. The molecule has 0 amide bonds. The SMILES string of the molecule is COC(=O)c1c(Nc2ccn[nH]2)oc(C=C2C=Nc3ncccc32)c1O. The van der Waals surface area contributed by atoms with Gasteiger partial charge < -0.3 is 19.6 Å². The zero-order chi connectivity index (χ0) is 18.1. The molecule has 130 valence electrons.